The van der Waals surface area contributed by atoms with E-state index in [9.17, 15) is 14.0 Å². The van der Waals surface area contributed by atoms with Crippen LogP contribution in [0.15, 0.2) is 60.8 Å². The molecule has 4 rings (SSSR count). The van der Waals surface area contributed by atoms with Gasteiger partial charge < -0.3 is 23.8 Å². The number of rotatable bonds is 13. The Morgan fingerprint density at radius 1 is 0.976 bits per heavy atom. The highest BCUT2D eigenvalue weighted by Gasteiger charge is 2.29. The summed E-state index contributed by atoms with van der Waals surface area (Å²) in [6.45, 7) is 5.75. The molecule has 0 spiro atoms. The molecule has 7 nitrogen and oxygen atoms in total. The van der Waals surface area contributed by atoms with E-state index in [4.69, 9.17) is 9.47 Å². The Labute approximate surface area is 249 Å². The molecule has 226 valence electrons. The van der Waals surface area contributed by atoms with E-state index in [0.717, 1.165) is 43.4 Å². The van der Waals surface area contributed by atoms with E-state index < -0.39 is 0 Å². The summed E-state index contributed by atoms with van der Waals surface area (Å²) in [5.41, 5.74) is 2.43. The van der Waals surface area contributed by atoms with Crippen molar-refractivity contribution in [3.63, 3.8) is 0 Å². The second-order valence-corrected chi connectivity index (χ2v) is 11.6. The fraction of sp³-hybridized carbons (Fsp3) is 0.471. The number of hydrogen-bond donors (Lipinski definition) is 0. The molecule has 0 atom stereocenters. The summed E-state index contributed by atoms with van der Waals surface area (Å²) in [6, 6.07) is 15.8. The molecular formula is C34H44FN3O4. The molecule has 1 aliphatic rings. The monoisotopic (exact) mass is 577 g/mol. The number of nitrogens with zero attached hydrogens (tertiary/aromatic N) is 3. The topological polar surface area (TPSA) is 64.0 Å². The molecule has 1 aliphatic carbocycles. The Kier molecular flexibility index (Phi) is 11.0. The van der Waals surface area contributed by atoms with Gasteiger partial charge in [0.05, 0.1) is 20.8 Å². The molecule has 0 saturated heterocycles. The van der Waals surface area contributed by atoms with Crippen molar-refractivity contribution in [2.45, 2.75) is 71.5 Å². The van der Waals surface area contributed by atoms with Gasteiger partial charge in [-0.25, -0.2) is 4.39 Å². The Balaban J connectivity index is 1.58. The molecule has 0 bridgehead atoms. The van der Waals surface area contributed by atoms with Crippen LogP contribution in [0.5, 0.6) is 11.5 Å². The SMILES string of the molecule is COc1cc(OC)cc(C(=O)N(CCC(C)C)CC(=O)N(Cc2cccn2Cc2ccc(F)cc2)C2CCCCC2)c1. The number of carbonyl (C=O) groups is 2. The molecule has 42 heavy (non-hydrogen) atoms. The highest BCUT2D eigenvalue weighted by atomic mass is 19.1. The normalized spacial score (nSPS) is 13.7. The molecule has 1 saturated carbocycles. The molecule has 1 heterocycles. The Bertz CT molecular complexity index is 1290. The van der Waals surface area contributed by atoms with E-state index in [2.05, 4.69) is 18.4 Å². The quantitative estimate of drug-likeness (QED) is 0.231. The predicted octanol–water partition coefficient (Wildman–Crippen LogP) is 6.54. The summed E-state index contributed by atoms with van der Waals surface area (Å²) >= 11 is 0. The van der Waals surface area contributed by atoms with E-state index in [-0.39, 0.29) is 30.2 Å². The van der Waals surface area contributed by atoms with E-state index in [1.54, 1.807) is 49.5 Å². The maximum Gasteiger partial charge on any atom is 0.254 e. The Morgan fingerprint density at radius 3 is 2.26 bits per heavy atom. The minimum atomic E-state index is -0.260. The zero-order chi connectivity index (χ0) is 30.1. The zero-order valence-corrected chi connectivity index (χ0v) is 25.4. The largest absolute Gasteiger partial charge is 0.497 e. The van der Waals surface area contributed by atoms with E-state index in [1.807, 2.05) is 23.2 Å². The van der Waals surface area contributed by atoms with Crippen LogP contribution in [0.4, 0.5) is 4.39 Å². The van der Waals surface area contributed by atoms with Gasteiger partial charge in [0.2, 0.25) is 5.91 Å². The summed E-state index contributed by atoms with van der Waals surface area (Å²) in [4.78, 5) is 31.6. The van der Waals surface area contributed by atoms with Crippen molar-refractivity contribution < 1.29 is 23.5 Å². The third kappa shape index (κ3) is 8.37. The molecule has 0 unspecified atom stereocenters. The number of amides is 2. The predicted molar refractivity (Wildman–Crippen MR) is 162 cm³/mol. The summed E-state index contributed by atoms with van der Waals surface area (Å²) in [7, 11) is 3.11. The number of ether oxygens (including phenoxy) is 2. The van der Waals surface area contributed by atoms with Gasteiger partial charge in [0.15, 0.2) is 0 Å². The fourth-order valence-corrected chi connectivity index (χ4v) is 5.56. The molecule has 2 aromatic carbocycles. The smallest absolute Gasteiger partial charge is 0.254 e. The van der Waals surface area contributed by atoms with Crippen molar-refractivity contribution in [2.75, 3.05) is 27.3 Å². The van der Waals surface area contributed by atoms with Crippen LogP contribution < -0.4 is 9.47 Å². The van der Waals surface area contributed by atoms with Crippen LogP contribution in [-0.2, 0) is 17.9 Å². The number of benzene rings is 2. The summed E-state index contributed by atoms with van der Waals surface area (Å²) in [5, 5.41) is 0. The summed E-state index contributed by atoms with van der Waals surface area (Å²) < 4.78 is 26.4. The lowest BCUT2D eigenvalue weighted by Gasteiger charge is -2.36. The van der Waals surface area contributed by atoms with Crippen LogP contribution in [0.1, 0.15) is 74.0 Å². The molecule has 3 aromatic rings. The van der Waals surface area contributed by atoms with Crippen molar-refractivity contribution in [3.8, 4) is 11.5 Å². The van der Waals surface area contributed by atoms with Crippen LogP contribution in [0.25, 0.3) is 0 Å². The maximum atomic E-state index is 14.1. The average Bonchev–Trinajstić information content (AvgIpc) is 3.44. The molecule has 2 amide bonds. The summed E-state index contributed by atoms with van der Waals surface area (Å²) in [6.07, 6.45) is 8.04. The van der Waals surface area contributed by atoms with Gasteiger partial charge in [0.25, 0.3) is 5.91 Å². The highest BCUT2D eigenvalue weighted by Crippen LogP contribution is 2.27. The first-order valence-electron chi connectivity index (χ1n) is 15.0. The van der Waals surface area contributed by atoms with Gasteiger partial charge in [-0.15, -0.1) is 0 Å². The lowest BCUT2D eigenvalue weighted by Crippen LogP contribution is -2.48. The average molecular weight is 578 g/mol. The van der Waals surface area contributed by atoms with Crippen molar-refractivity contribution in [3.05, 3.63) is 83.4 Å². The molecule has 1 fully saturated rings. The first-order chi connectivity index (χ1) is 20.3. The van der Waals surface area contributed by atoms with Gasteiger partial charge in [0.1, 0.15) is 23.9 Å². The minimum Gasteiger partial charge on any atom is -0.497 e. The first kappa shape index (κ1) is 31.1. The van der Waals surface area contributed by atoms with Gasteiger partial charge >= 0.3 is 0 Å². The number of hydrogen-bond acceptors (Lipinski definition) is 4. The van der Waals surface area contributed by atoms with E-state index in [1.165, 1.54) is 18.6 Å². The number of methoxy groups -OCH3 is 2. The highest BCUT2D eigenvalue weighted by molar-refractivity contribution is 5.97. The third-order valence-electron chi connectivity index (χ3n) is 8.05. The lowest BCUT2D eigenvalue weighted by molar-refractivity contribution is -0.135. The fourth-order valence-electron chi connectivity index (χ4n) is 5.56. The number of aromatic nitrogens is 1. The van der Waals surface area contributed by atoms with Crippen LogP contribution in [-0.4, -0.2) is 59.5 Å². The zero-order valence-electron chi connectivity index (χ0n) is 25.4. The Morgan fingerprint density at radius 2 is 1.64 bits per heavy atom. The van der Waals surface area contributed by atoms with Crippen LogP contribution >= 0.6 is 0 Å². The second kappa shape index (κ2) is 14.9. The summed E-state index contributed by atoms with van der Waals surface area (Å²) in [5.74, 6) is 0.897. The van der Waals surface area contributed by atoms with Gasteiger partial charge in [0, 0.05) is 42.7 Å². The van der Waals surface area contributed by atoms with Crippen LogP contribution in [0.2, 0.25) is 0 Å². The number of carbonyl (C=O) groups excluding carboxylic acids is 2. The molecule has 0 radical (unpaired) electrons. The van der Waals surface area contributed by atoms with Crippen LogP contribution in [0, 0.1) is 11.7 Å². The van der Waals surface area contributed by atoms with Gasteiger partial charge in [-0.3, -0.25) is 9.59 Å². The first-order valence-corrected chi connectivity index (χ1v) is 15.0. The standard InChI is InChI=1S/C34H44FN3O4/c1-25(2)16-18-37(34(40)27-19-31(41-3)21-32(20-27)42-4)24-33(39)38(29-9-6-5-7-10-29)23-30-11-8-17-36(30)22-26-12-14-28(35)15-13-26/h8,11-15,17,19-21,25,29H,5-7,9-10,16,18,22-24H2,1-4H3. The van der Waals surface area contributed by atoms with Crippen LogP contribution in [0.3, 0.4) is 0 Å². The maximum absolute atomic E-state index is 14.1. The lowest BCUT2D eigenvalue weighted by atomic mass is 9.94. The number of halogens is 1. The second-order valence-electron chi connectivity index (χ2n) is 11.6. The van der Waals surface area contributed by atoms with Crippen molar-refractivity contribution in [1.29, 1.82) is 0 Å². The van der Waals surface area contributed by atoms with Crippen molar-refractivity contribution in [1.82, 2.24) is 14.4 Å². The molecule has 0 aliphatic heterocycles. The molecule has 1 aromatic heterocycles. The van der Waals surface area contributed by atoms with E-state index in [0.29, 0.717) is 42.6 Å². The van der Waals surface area contributed by atoms with Gasteiger partial charge in [-0.05, 0) is 67.1 Å². The minimum absolute atomic E-state index is 0.000247. The van der Waals surface area contributed by atoms with Crippen molar-refractivity contribution in [2.24, 2.45) is 5.92 Å². The molecule has 8 heteroatoms. The van der Waals surface area contributed by atoms with Gasteiger partial charge in [-0.1, -0.05) is 45.2 Å². The third-order valence-corrected chi connectivity index (χ3v) is 8.05. The molecular weight excluding hydrogens is 533 g/mol. The van der Waals surface area contributed by atoms with Gasteiger partial charge in [-0.2, -0.15) is 0 Å². The molecule has 0 N–H and O–H groups in total. The van der Waals surface area contributed by atoms with E-state index >= 15 is 0 Å². The van der Waals surface area contributed by atoms with Crippen molar-refractivity contribution >= 4 is 11.8 Å². The Hall–Kier alpha value is -3.81.